The van der Waals surface area contributed by atoms with Crippen molar-refractivity contribution in [2.45, 2.75) is 25.9 Å². The number of para-hydroxylation sites is 1. The summed E-state index contributed by atoms with van der Waals surface area (Å²) in [6.45, 7) is 2.51. The Bertz CT molecular complexity index is 1480. The zero-order chi connectivity index (χ0) is 26.9. The lowest BCUT2D eigenvalue weighted by Crippen LogP contribution is -2.35. The molecule has 1 saturated heterocycles. The molecule has 38 heavy (non-hydrogen) atoms. The standard InChI is InChI=1S/C26H22F3N5O3S/c1-15(36)30-25-33-23-20(3-2-4-21(23)38-25)37-22-13-19(17-5-7-18(8-6-17)26(27,28)29)31-24(32-22)34-11-9-16(14-35)10-12-34/h2-8,13-14,16H,9-12H2,1H3,(H,30,33,36). The molecule has 2 aromatic heterocycles. The molecule has 1 aliphatic heterocycles. The van der Waals surface area contributed by atoms with Gasteiger partial charge in [0.15, 0.2) is 10.9 Å². The maximum absolute atomic E-state index is 13.1. The third-order valence-corrected chi connectivity index (χ3v) is 7.03. The first-order chi connectivity index (χ1) is 18.2. The SMILES string of the molecule is CC(=O)Nc1nc2c(Oc3cc(-c4ccc(C(F)(F)F)cc4)nc(N4CCC(C=O)CC4)n3)cccc2s1. The molecule has 0 saturated carbocycles. The first-order valence-corrected chi connectivity index (χ1v) is 12.6. The van der Waals surface area contributed by atoms with Gasteiger partial charge in [-0.3, -0.25) is 4.79 Å². The number of alkyl halides is 3. The Labute approximate surface area is 219 Å². The van der Waals surface area contributed by atoms with Crippen molar-refractivity contribution in [3.63, 3.8) is 0 Å². The second kappa shape index (κ2) is 10.4. The van der Waals surface area contributed by atoms with E-state index in [0.29, 0.717) is 59.5 Å². The predicted molar refractivity (Wildman–Crippen MR) is 137 cm³/mol. The minimum absolute atomic E-state index is 0.0276. The van der Waals surface area contributed by atoms with Crippen LogP contribution in [0.25, 0.3) is 21.5 Å². The smallest absolute Gasteiger partial charge is 0.416 e. The van der Waals surface area contributed by atoms with Crippen LogP contribution in [-0.2, 0) is 15.8 Å². The summed E-state index contributed by atoms with van der Waals surface area (Å²) in [6.07, 6.45) is -2.20. The number of rotatable bonds is 6. The number of fused-ring (bicyclic) bond motifs is 1. The number of thiazole rings is 1. The van der Waals surface area contributed by atoms with E-state index >= 15 is 0 Å². The number of ether oxygens (including phenoxy) is 1. The summed E-state index contributed by atoms with van der Waals surface area (Å²) in [5.74, 6) is 0.666. The van der Waals surface area contributed by atoms with Gasteiger partial charge in [0.05, 0.1) is 16.0 Å². The van der Waals surface area contributed by atoms with Crippen LogP contribution in [0, 0.1) is 5.92 Å². The molecule has 196 valence electrons. The Balaban J connectivity index is 1.52. The highest BCUT2D eigenvalue weighted by Gasteiger charge is 2.30. The summed E-state index contributed by atoms with van der Waals surface area (Å²) in [5.41, 5.74) is 0.632. The zero-order valence-electron chi connectivity index (χ0n) is 20.2. The van der Waals surface area contributed by atoms with E-state index in [4.69, 9.17) is 4.74 Å². The third kappa shape index (κ3) is 5.59. The lowest BCUT2D eigenvalue weighted by Gasteiger charge is -2.30. The summed E-state index contributed by atoms with van der Waals surface area (Å²) >= 11 is 1.30. The van der Waals surface area contributed by atoms with E-state index < -0.39 is 11.7 Å². The van der Waals surface area contributed by atoms with Crippen LogP contribution in [0.4, 0.5) is 24.3 Å². The Hall–Kier alpha value is -4.06. The highest BCUT2D eigenvalue weighted by molar-refractivity contribution is 7.22. The number of aldehydes is 1. The fraction of sp³-hybridized carbons (Fsp3) is 0.269. The number of anilines is 2. The number of aromatic nitrogens is 3. The summed E-state index contributed by atoms with van der Waals surface area (Å²) in [7, 11) is 0. The fourth-order valence-electron chi connectivity index (χ4n) is 4.14. The second-order valence-corrected chi connectivity index (χ2v) is 9.86. The van der Waals surface area contributed by atoms with Crippen LogP contribution in [0.5, 0.6) is 11.6 Å². The largest absolute Gasteiger partial charge is 0.437 e. The lowest BCUT2D eigenvalue weighted by molar-refractivity contribution is -0.137. The van der Waals surface area contributed by atoms with Gasteiger partial charge in [-0.25, -0.2) is 9.97 Å². The van der Waals surface area contributed by atoms with Crippen LogP contribution in [0.3, 0.4) is 0 Å². The molecule has 1 aliphatic rings. The number of hydrogen-bond acceptors (Lipinski definition) is 8. The number of halogens is 3. The molecule has 0 unspecified atom stereocenters. The zero-order valence-corrected chi connectivity index (χ0v) is 21.0. The molecule has 3 heterocycles. The van der Waals surface area contributed by atoms with E-state index in [1.807, 2.05) is 11.0 Å². The van der Waals surface area contributed by atoms with Gasteiger partial charge in [-0.05, 0) is 37.1 Å². The van der Waals surface area contributed by atoms with Gasteiger partial charge >= 0.3 is 6.18 Å². The summed E-state index contributed by atoms with van der Waals surface area (Å²) in [4.78, 5) is 38.2. The van der Waals surface area contributed by atoms with Crippen LogP contribution in [0.1, 0.15) is 25.3 Å². The molecule has 1 N–H and O–H groups in total. The average Bonchev–Trinajstić information content (AvgIpc) is 3.31. The maximum Gasteiger partial charge on any atom is 0.416 e. The molecule has 0 spiro atoms. The van der Waals surface area contributed by atoms with Crippen molar-refractivity contribution in [2.24, 2.45) is 5.92 Å². The number of hydrogen-bond donors (Lipinski definition) is 1. The Morgan fingerprint density at radius 2 is 1.84 bits per heavy atom. The second-order valence-electron chi connectivity index (χ2n) is 8.83. The van der Waals surface area contributed by atoms with Gasteiger partial charge in [-0.15, -0.1) is 0 Å². The van der Waals surface area contributed by atoms with Gasteiger partial charge in [0.2, 0.25) is 17.7 Å². The molecule has 0 atom stereocenters. The molecule has 1 fully saturated rings. The summed E-state index contributed by atoms with van der Waals surface area (Å²) < 4.78 is 46.2. The fourth-order valence-corrected chi connectivity index (χ4v) is 5.07. The first-order valence-electron chi connectivity index (χ1n) is 11.8. The predicted octanol–water partition coefficient (Wildman–Crippen LogP) is 5.94. The highest BCUT2D eigenvalue weighted by atomic mass is 32.1. The Morgan fingerprint density at radius 3 is 2.50 bits per heavy atom. The van der Waals surface area contributed by atoms with Crippen molar-refractivity contribution in [3.8, 4) is 22.9 Å². The van der Waals surface area contributed by atoms with Crippen LogP contribution in [0.15, 0.2) is 48.5 Å². The van der Waals surface area contributed by atoms with Crippen molar-refractivity contribution >= 4 is 44.8 Å². The van der Waals surface area contributed by atoms with Crippen LogP contribution in [0.2, 0.25) is 0 Å². The maximum atomic E-state index is 13.1. The molecule has 12 heteroatoms. The van der Waals surface area contributed by atoms with E-state index in [2.05, 4.69) is 20.3 Å². The summed E-state index contributed by atoms with van der Waals surface area (Å²) in [5, 5.41) is 3.09. The highest BCUT2D eigenvalue weighted by Crippen LogP contribution is 2.36. The Morgan fingerprint density at radius 1 is 1.11 bits per heavy atom. The number of benzene rings is 2. The lowest BCUT2D eigenvalue weighted by atomic mass is 9.99. The minimum atomic E-state index is -4.45. The molecule has 0 aliphatic carbocycles. The van der Waals surface area contributed by atoms with E-state index in [-0.39, 0.29) is 17.7 Å². The third-order valence-electron chi connectivity index (χ3n) is 6.09. The Kier molecular flexibility index (Phi) is 6.98. The molecule has 0 radical (unpaired) electrons. The quantitative estimate of drug-likeness (QED) is 0.302. The topological polar surface area (TPSA) is 97.3 Å². The minimum Gasteiger partial charge on any atom is -0.437 e. The van der Waals surface area contributed by atoms with Crippen molar-refractivity contribution in [2.75, 3.05) is 23.3 Å². The summed E-state index contributed by atoms with van der Waals surface area (Å²) in [6, 6.07) is 11.6. The number of amides is 1. The van der Waals surface area contributed by atoms with Crippen molar-refractivity contribution in [1.82, 2.24) is 15.0 Å². The van der Waals surface area contributed by atoms with Crippen LogP contribution >= 0.6 is 11.3 Å². The van der Waals surface area contributed by atoms with Gasteiger partial charge in [0, 0.05) is 37.6 Å². The normalized spacial score (nSPS) is 14.5. The van der Waals surface area contributed by atoms with Crippen molar-refractivity contribution < 1.29 is 27.5 Å². The van der Waals surface area contributed by atoms with Crippen LogP contribution < -0.4 is 15.0 Å². The van der Waals surface area contributed by atoms with Gasteiger partial charge in [-0.1, -0.05) is 29.5 Å². The number of nitrogens with zero attached hydrogens (tertiary/aromatic N) is 4. The molecule has 4 aromatic rings. The molecule has 5 rings (SSSR count). The average molecular weight is 542 g/mol. The van der Waals surface area contributed by atoms with E-state index in [1.165, 1.54) is 30.4 Å². The van der Waals surface area contributed by atoms with Crippen molar-refractivity contribution in [3.05, 3.63) is 54.1 Å². The van der Waals surface area contributed by atoms with Gasteiger partial charge < -0.3 is 19.7 Å². The molecular formula is C26H22F3N5O3S. The van der Waals surface area contributed by atoms with Gasteiger partial charge in [0.25, 0.3) is 0 Å². The molecule has 0 bridgehead atoms. The monoisotopic (exact) mass is 541 g/mol. The van der Waals surface area contributed by atoms with E-state index in [9.17, 15) is 22.8 Å². The van der Waals surface area contributed by atoms with Crippen molar-refractivity contribution in [1.29, 1.82) is 0 Å². The number of carbonyl (C=O) groups excluding carboxylic acids is 2. The van der Waals surface area contributed by atoms with Gasteiger partial charge in [-0.2, -0.15) is 18.2 Å². The molecular weight excluding hydrogens is 519 g/mol. The number of carbonyl (C=O) groups is 2. The molecule has 2 aromatic carbocycles. The van der Waals surface area contributed by atoms with Crippen LogP contribution in [-0.4, -0.2) is 40.2 Å². The van der Waals surface area contributed by atoms with E-state index in [0.717, 1.165) is 23.1 Å². The number of nitrogens with one attached hydrogen (secondary N) is 1. The molecule has 8 nitrogen and oxygen atoms in total. The van der Waals surface area contributed by atoms with Gasteiger partial charge in [0.1, 0.15) is 11.8 Å². The molecule has 1 amide bonds. The van der Waals surface area contributed by atoms with E-state index in [1.54, 1.807) is 18.2 Å². The number of piperidine rings is 1. The first kappa shape index (κ1) is 25.6.